The topological polar surface area (TPSA) is 35.8 Å². The van der Waals surface area contributed by atoms with Crippen LogP contribution in [0.15, 0.2) is 28.7 Å². The van der Waals surface area contributed by atoms with Gasteiger partial charge in [-0.25, -0.2) is 0 Å². The van der Waals surface area contributed by atoms with Crippen LogP contribution in [0.3, 0.4) is 0 Å². The van der Waals surface area contributed by atoms with Crippen molar-refractivity contribution < 1.29 is 0 Å². The number of hydrogen-bond acceptors (Lipinski definition) is 2. The average Bonchev–Trinajstić information content (AvgIpc) is 2.30. The highest BCUT2D eigenvalue weighted by atomic mass is 79.9. The summed E-state index contributed by atoms with van der Waals surface area (Å²) in [5, 5.41) is 12.7. The van der Waals surface area contributed by atoms with Crippen LogP contribution in [0.5, 0.6) is 0 Å². The molecule has 0 spiro atoms. The fraction of sp³-hybridized carbons (Fsp3) is 0.417. The van der Waals surface area contributed by atoms with Gasteiger partial charge in [0.2, 0.25) is 0 Å². The Morgan fingerprint density at radius 3 is 2.67 bits per heavy atom. The van der Waals surface area contributed by atoms with Gasteiger partial charge in [-0.3, -0.25) is 0 Å². The fourth-order valence-corrected chi connectivity index (χ4v) is 2.50. The molecular formula is C12H13BrN2. The molecule has 1 saturated heterocycles. The molecule has 1 N–H and O–H groups in total. The Labute approximate surface area is 98.4 Å². The Balaban J connectivity index is 2.37. The molecule has 78 valence electrons. The van der Waals surface area contributed by atoms with Gasteiger partial charge in [-0.2, -0.15) is 5.26 Å². The first-order valence-electron chi connectivity index (χ1n) is 5.15. The molecule has 0 atom stereocenters. The third-order valence-corrected chi connectivity index (χ3v) is 3.54. The molecule has 1 aromatic carbocycles. The van der Waals surface area contributed by atoms with E-state index in [0.29, 0.717) is 0 Å². The molecule has 0 unspecified atom stereocenters. The summed E-state index contributed by atoms with van der Waals surface area (Å²) >= 11 is 3.46. The zero-order valence-corrected chi connectivity index (χ0v) is 10.0. The van der Waals surface area contributed by atoms with Gasteiger partial charge in [-0.1, -0.05) is 28.1 Å². The van der Waals surface area contributed by atoms with Crippen molar-refractivity contribution in [3.63, 3.8) is 0 Å². The van der Waals surface area contributed by atoms with E-state index in [0.717, 1.165) is 36.0 Å². The molecule has 2 rings (SSSR count). The molecule has 0 saturated carbocycles. The SMILES string of the molecule is N#CC1(c2cccc(Br)c2)CCNCC1. The van der Waals surface area contributed by atoms with Crippen LogP contribution >= 0.6 is 15.9 Å². The lowest BCUT2D eigenvalue weighted by Crippen LogP contribution is -2.38. The first-order valence-corrected chi connectivity index (χ1v) is 5.94. The maximum absolute atomic E-state index is 9.39. The molecule has 1 aliphatic heterocycles. The molecule has 1 aliphatic rings. The molecule has 1 fully saturated rings. The minimum absolute atomic E-state index is 0.283. The molecule has 1 heterocycles. The molecule has 3 heteroatoms. The van der Waals surface area contributed by atoms with Gasteiger partial charge >= 0.3 is 0 Å². The number of nitrogens with one attached hydrogen (secondary N) is 1. The standard InChI is InChI=1S/C12H13BrN2/c13-11-3-1-2-10(8-11)12(9-14)4-6-15-7-5-12/h1-3,8,15H,4-7H2. The van der Waals surface area contributed by atoms with Crippen LogP contribution in [0.2, 0.25) is 0 Å². The van der Waals surface area contributed by atoms with E-state index in [1.807, 2.05) is 12.1 Å². The zero-order chi connectivity index (χ0) is 10.7. The lowest BCUT2D eigenvalue weighted by molar-refractivity contribution is 0.382. The summed E-state index contributed by atoms with van der Waals surface area (Å²) in [6.45, 7) is 1.86. The fourth-order valence-electron chi connectivity index (χ4n) is 2.10. The Morgan fingerprint density at radius 2 is 2.07 bits per heavy atom. The van der Waals surface area contributed by atoms with E-state index in [9.17, 15) is 5.26 Å². The zero-order valence-electron chi connectivity index (χ0n) is 8.46. The quantitative estimate of drug-likeness (QED) is 0.847. The molecule has 0 aliphatic carbocycles. The summed E-state index contributed by atoms with van der Waals surface area (Å²) in [5.74, 6) is 0. The summed E-state index contributed by atoms with van der Waals surface area (Å²) in [6, 6.07) is 10.6. The summed E-state index contributed by atoms with van der Waals surface area (Å²) in [7, 11) is 0. The van der Waals surface area contributed by atoms with Gasteiger partial charge in [-0.15, -0.1) is 0 Å². The average molecular weight is 265 g/mol. The predicted octanol–water partition coefficient (Wildman–Crippen LogP) is 2.59. The summed E-state index contributed by atoms with van der Waals surface area (Å²) < 4.78 is 1.05. The van der Waals surface area contributed by atoms with Crippen LogP contribution in [0.4, 0.5) is 0 Å². The van der Waals surface area contributed by atoms with Crippen molar-refractivity contribution in [1.29, 1.82) is 5.26 Å². The van der Waals surface area contributed by atoms with Gasteiger partial charge in [0.05, 0.1) is 11.5 Å². The minimum Gasteiger partial charge on any atom is -0.317 e. The van der Waals surface area contributed by atoms with Crippen LogP contribution in [-0.2, 0) is 5.41 Å². The van der Waals surface area contributed by atoms with Crippen molar-refractivity contribution >= 4 is 15.9 Å². The second-order valence-electron chi connectivity index (χ2n) is 3.95. The van der Waals surface area contributed by atoms with Crippen LogP contribution < -0.4 is 5.32 Å². The molecular weight excluding hydrogens is 252 g/mol. The van der Waals surface area contributed by atoms with E-state index in [2.05, 4.69) is 39.4 Å². The van der Waals surface area contributed by atoms with Crippen molar-refractivity contribution in [2.45, 2.75) is 18.3 Å². The highest BCUT2D eigenvalue weighted by molar-refractivity contribution is 9.10. The first-order chi connectivity index (χ1) is 7.27. The number of piperidine rings is 1. The number of hydrogen-bond donors (Lipinski definition) is 1. The van der Waals surface area contributed by atoms with Gasteiger partial charge in [0.25, 0.3) is 0 Å². The van der Waals surface area contributed by atoms with Crippen LogP contribution in [0.1, 0.15) is 18.4 Å². The number of benzene rings is 1. The van der Waals surface area contributed by atoms with E-state index in [1.54, 1.807) is 0 Å². The normalized spacial score (nSPS) is 19.5. The predicted molar refractivity (Wildman–Crippen MR) is 63.5 cm³/mol. The van der Waals surface area contributed by atoms with Crippen molar-refractivity contribution in [1.82, 2.24) is 5.32 Å². The molecule has 15 heavy (non-hydrogen) atoms. The largest absolute Gasteiger partial charge is 0.317 e. The smallest absolute Gasteiger partial charge is 0.0846 e. The van der Waals surface area contributed by atoms with Gasteiger partial charge in [0.15, 0.2) is 0 Å². The van der Waals surface area contributed by atoms with E-state index in [4.69, 9.17) is 0 Å². The van der Waals surface area contributed by atoms with E-state index >= 15 is 0 Å². The maximum atomic E-state index is 9.39. The molecule has 0 amide bonds. The van der Waals surface area contributed by atoms with Crippen molar-refractivity contribution in [2.75, 3.05) is 13.1 Å². The van der Waals surface area contributed by atoms with E-state index in [1.165, 1.54) is 0 Å². The summed E-state index contributed by atoms with van der Waals surface area (Å²) in [6.07, 6.45) is 1.81. The molecule has 0 bridgehead atoms. The lowest BCUT2D eigenvalue weighted by Gasteiger charge is -2.31. The van der Waals surface area contributed by atoms with Gasteiger partial charge in [-0.05, 0) is 43.6 Å². The molecule has 1 aromatic rings. The third-order valence-electron chi connectivity index (χ3n) is 3.05. The Morgan fingerprint density at radius 1 is 1.33 bits per heavy atom. The minimum atomic E-state index is -0.283. The van der Waals surface area contributed by atoms with Crippen molar-refractivity contribution in [3.05, 3.63) is 34.3 Å². The van der Waals surface area contributed by atoms with Crippen LogP contribution in [-0.4, -0.2) is 13.1 Å². The number of halogens is 1. The molecule has 0 radical (unpaired) electrons. The summed E-state index contributed by atoms with van der Waals surface area (Å²) in [4.78, 5) is 0. The Bertz CT molecular complexity index is 389. The molecule has 2 nitrogen and oxygen atoms in total. The van der Waals surface area contributed by atoms with Crippen molar-refractivity contribution in [2.24, 2.45) is 0 Å². The second kappa shape index (κ2) is 4.34. The highest BCUT2D eigenvalue weighted by Gasteiger charge is 2.33. The number of nitrogens with zero attached hydrogens (tertiary/aromatic N) is 1. The first kappa shape index (κ1) is 10.7. The monoisotopic (exact) mass is 264 g/mol. The number of rotatable bonds is 1. The second-order valence-corrected chi connectivity index (χ2v) is 4.87. The Kier molecular flexibility index (Phi) is 3.08. The number of nitriles is 1. The molecule has 0 aromatic heterocycles. The van der Waals surface area contributed by atoms with Gasteiger partial charge < -0.3 is 5.32 Å². The third kappa shape index (κ3) is 2.06. The lowest BCUT2D eigenvalue weighted by atomic mass is 9.74. The summed E-state index contributed by atoms with van der Waals surface area (Å²) in [5.41, 5.74) is 0.857. The van der Waals surface area contributed by atoms with E-state index in [-0.39, 0.29) is 5.41 Å². The van der Waals surface area contributed by atoms with Gasteiger partial charge in [0.1, 0.15) is 0 Å². The highest BCUT2D eigenvalue weighted by Crippen LogP contribution is 2.33. The van der Waals surface area contributed by atoms with Crippen LogP contribution in [0.25, 0.3) is 0 Å². The van der Waals surface area contributed by atoms with Crippen molar-refractivity contribution in [3.8, 4) is 6.07 Å². The Hall–Kier alpha value is -0.850. The van der Waals surface area contributed by atoms with Crippen LogP contribution in [0, 0.1) is 11.3 Å². The maximum Gasteiger partial charge on any atom is 0.0846 e. The van der Waals surface area contributed by atoms with Gasteiger partial charge in [0, 0.05) is 4.47 Å². The van der Waals surface area contributed by atoms with E-state index < -0.39 is 0 Å².